The summed E-state index contributed by atoms with van der Waals surface area (Å²) in [5, 5.41) is 14.3. The molecule has 134 valence electrons. The second kappa shape index (κ2) is 7.53. The van der Waals surface area contributed by atoms with E-state index in [9.17, 15) is 14.7 Å². The summed E-state index contributed by atoms with van der Waals surface area (Å²) in [6.45, 7) is 2.63. The van der Waals surface area contributed by atoms with Gasteiger partial charge in [-0.25, -0.2) is 0 Å². The van der Waals surface area contributed by atoms with E-state index in [0.29, 0.717) is 34.4 Å². The van der Waals surface area contributed by atoms with Gasteiger partial charge in [0.15, 0.2) is 5.11 Å². The normalized spacial score (nSPS) is 15.6. The van der Waals surface area contributed by atoms with Gasteiger partial charge >= 0.3 is 0 Å². The Kier molecular flexibility index (Phi) is 5.18. The molecule has 1 aromatic heterocycles. The van der Waals surface area contributed by atoms with Crippen LogP contribution in [0.25, 0.3) is 17.4 Å². The van der Waals surface area contributed by atoms with Crippen molar-refractivity contribution in [3.05, 3.63) is 53.4 Å². The number of carboxylic acid groups (broad SMARTS) is 1. The molecular weight excluding hydrogens is 352 g/mol. The first-order valence-corrected chi connectivity index (χ1v) is 8.66. The minimum atomic E-state index is -1.25. The van der Waals surface area contributed by atoms with Gasteiger partial charge in [0.1, 0.15) is 17.2 Å². The average Bonchev–Trinajstić information content (AvgIpc) is 3.19. The number of carbonyl (C=O) groups is 2. The number of hydrogen-bond acceptors (Lipinski definition) is 5. The number of furan rings is 1. The second-order valence-electron chi connectivity index (χ2n) is 5.87. The second-order valence-corrected chi connectivity index (χ2v) is 6.26. The number of carbonyl (C=O) groups excluding carboxylic acids is 2. The van der Waals surface area contributed by atoms with E-state index in [-0.39, 0.29) is 11.5 Å². The number of benzene rings is 1. The Balaban J connectivity index is 1.81. The summed E-state index contributed by atoms with van der Waals surface area (Å²) in [6, 6.07) is 9.72. The third kappa shape index (κ3) is 3.67. The van der Waals surface area contributed by atoms with Crippen LogP contribution >= 0.6 is 12.2 Å². The monoisotopic (exact) mass is 369 g/mol. The Morgan fingerprint density at radius 1 is 1.35 bits per heavy atom. The van der Waals surface area contributed by atoms with Crippen LogP contribution in [0.4, 0.5) is 0 Å². The third-order valence-corrected chi connectivity index (χ3v) is 4.32. The molecular formula is C19H17N2O4S-. The molecule has 2 aromatic rings. The Bertz CT molecular complexity index is 900. The number of rotatable bonds is 6. The number of nitrogens with zero attached hydrogens (tertiary/aromatic N) is 1. The van der Waals surface area contributed by atoms with E-state index in [4.69, 9.17) is 16.6 Å². The van der Waals surface area contributed by atoms with Crippen molar-refractivity contribution in [2.75, 3.05) is 6.54 Å². The van der Waals surface area contributed by atoms with Crippen molar-refractivity contribution >= 4 is 35.3 Å². The Labute approximate surface area is 156 Å². The van der Waals surface area contributed by atoms with Crippen molar-refractivity contribution in [1.82, 2.24) is 10.2 Å². The molecule has 0 spiro atoms. The van der Waals surface area contributed by atoms with Crippen LogP contribution in [0.3, 0.4) is 0 Å². The van der Waals surface area contributed by atoms with Crippen LogP contribution in [-0.4, -0.2) is 28.4 Å². The molecule has 3 rings (SSSR count). The van der Waals surface area contributed by atoms with Crippen LogP contribution in [0.2, 0.25) is 0 Å². The van der Waals surface area contributed by atoms with Crippen molar-refractivity contribution in [1.29, 1.82) is 0 Å². The molecule has 0 aliphatic carbocycles. The maximum atomic E-state index is 12.4. The van der Waals surface area contributed by atoms with Crippen molar-refractivity contribution in [2.24, 2.45) is 0 Å². The van der Waals surface area contributed by atoms with Gasteiger partial charge in [-0.3, -0.25) is 9.69 Å². The summed E-state index contributed by atoms with van der Waals surface area (Å²) in [7, 11) is 0. The Morgan fingerprint density at radius 2 is 2.15 bits per heavy atom. The molecule has 26 heavy (non-hydrogen) atoms. The Hall–Kier alpha value is -2.93. The number of thiocarbonyl (C=S) groups is 1. The smallest absolute Gasteiger partial charge is 0.276 e. The minimum absolute atomic E-state index is 0.0726. The number of hydrogen-bond donors (Lipinski definition) is 1. The highest BCUT2D eigenvalue weighted by atomic mass is 32.1. The molecule has 1 aliphatic heterocycles. The molecule has 6 nitrogen and oxygen atoms in total. The molecule has 7 heteroatoms. The molecule has 1 aliphatic rings. The minimum Gasteiger partial charge on any atom is -0.545 e. The van der Waals surface area contributed by atoms with Crippen molar-refractivity contribution in [3.63, 3.8) is 0 Å². The molecule has 1 N–H and O–H groups in total. The zero-order valence-electron chi connectivity index (χ0n) is 14.2. The van der Waals surface area contributed by atoms with Gasteiger partial charge in [0, 0.05) is 18.2 Å². The molecule has 1 fully saturated rings. The van der Waals surface area contributed by atoms with Crippen LogP contribution in [0.5, 0.6) is 0 Å². The molecule has 0 atom stereocenters. The summed E-state index contributed by atoms with van der Waals surface area (Å²) >= 11 is 5.21. The van der Waals surface area contributed by atoms with Gasteiger partial charge in [-0.15, -0.1) is 0 Å². The topological polar surface area (TPSA) is 85.6 Å². The van der Waals surface area contributed by atoms with Gasteiger partial charge in [0.05, 0.1) is 5.97 Å². The summed E-state index contributed by atoms with van der Waals surface area (Å²) < 4.78 is 5.72. The first-order chi connectivity index (χ1) is 12.5. The van der Waals surface area contributed by atoms with Crippen LogP contribution in [0.15, 0.2) is 46.5 Å². The van der Waals surface area contributed by atoms with Crippen LogP contribution in [-0.2, 0) is 4.79 Å². The van der Waals surface area contributed by atoms with Gasteiger partial charge < -0.3 is 19.6 Å². The SMILES string of the molecule is CCCCN1C(=O)/C(=C/c2ccc(-c3cccc(C(=O)[O-])c3)o2)NC1=S. The fourth-order valence-electron chi connectivity index (χ4n) is 2.62. The van der Waals surface area contributed by atoms with Crippen molar-refractivity contribution in [3.8, 4) is 11.3 Å². The largest absolute Gasteiger partial charge is 0.545 e. The average molecular weight is 369 g/mol. The third-order valence-electron chi connectivity index (χ3n) is 3.99. The first-order valence-electron chi connectivity index (χ1n) is 8.25. The summed E-state index contributed by atoms with van der Waals surface area (Å²) in [5.74, 6) is -0.465. The predicted molar refractivity (Wildman–Crippen MR) is 98.8 cm³/mol. The molecule has 0 radical (unpaired) electrons. The summed E-state index contributed by atoms with van der Waals surface area (Å²) in [5.41, 5.74) is 1.04. The lowest BCUT2D eigenvalue weighted by molar-refractivity contribution is -0.255. The maximum Gasteiger partial charge on any atom is 0.276 e. The fourth-order valence-corrected chi connectivity index (χ4v) is 2.90. The molecule has 2 heterocycles. The highest BCUT2D eigenvalue weighted by Crippen LogP contribution is 2.25. The molecule has 1 amide bonds. The zero-order chi connectivity index (χ0) is 18.7. The number of aromatic carboxylic acids is 1. The van der Waals surface area contributed by atoms with E-state index < -0.39 is 5.97 Å². The van der Waals surface area contributed by atoms with Crippen LogP contribution < -0.4 is 10.4 Å². The number of unbranched alkanes of at least 4 members (excludes halogenated alkanes) is 1. The first kappa shape index (κ1) is 17.9. The lowest BCUT2D eigenvalue weighted by Gasteiger charge is -2.12. The van der Waals surface area contributed by atoms with Crippen molar-refractivity contribution in [2.45, 2.75) is 19.8 Å². The summed E-state index contributed by atoms with van der Waals surface area (Å²) in [6.07, 6.45) is 3.44. The van der Waals surface area contributed by atoms with E-state index in [1.807, 2.05) is 6.92 Å². The van der Waals surface area contributed by atoms with Gasteiger partial charge in [0.2, 0.25) is 0 Å². The zero-order valence-corrected chi connectivity index (χ0v) is 15.0. The highest BCUT2D eigenvalue weighted by molar-refractivity contribution is 7.80. The lowest BCUT2D eigenvalue weighted by Crippen LogP contribution is -2.31. The lowest BCUT2D eigenvalue weighted by atomic mass is 10.1. The standard InChI is InChI=1S/C19H18N2O4S/c1-2-3-9-21-17(22)15(20-19(21)26)11-14-7-8-16(25-14)12-5-4-6-13(10-12)18(23)24/h4-8,10-11H,2-3,9H2,1H3,(H,20,26)(H,23,24)/p-1/b15-11-. The molecule has 1 saturated heterocycles. The number of nitrogens with one attached hydrogen (secondary N) is 1. The molecule has 0 unspecified atom stereocenters. The van der Waals surface area contributed by atoms with Crippen molar-refractivity contribution < 1.29 is 19.1 Å². The van der Waals surface area contributed by atoms with E-state index in [2.05, 4.69) is 5.32 Å². The summed E-state index contributed by atoms with van der Waals surface area (Å²) in [4.78, 5) is 24.9. The van der Waals surface area contributed by atoms with Gasteiger partial charge in [-0.2, -0.15) is 0 Å². The predicted octanol–water partition coefficient (Wildman–Crippen LogP) is 2.17. The van der Waals surface area contributed by atoms with Gasteiger partial charge in [-0.05, 0) is 42.4 Å². The maximum absolute atomic E-state index is 12.4. The van der Waals surface area contributed by atoms with E-state index >= 15 is 0 Å². The molecule has 0 bridgehead atoms. The number of carboxylic acids is 1. The van der Waals surface area contributed by atoms with Gasteiger partial charge in [-0.1, -0.05) is 31.5 Å². The van der Waals surface area contributed by atoms with Crippen LogP contribution in [0.1, 0.15) is 35.9 Å². The fraction of sp³-hybridized carbons (Fsp3) is 0.211. The van der Waals surface area contributed by atoms with Gasteiger partial charge in [0.25, 0.3) is 5.91 Å². The van der Waals surface area contributed by atoms with Crippen LogP contribution in [0, 0.1) is 0 Å². The Morgan fingerprint density at radius 3 is 2.88 bits per heavy atom. The molecule has 1 aromatic carbocycles. The van der Waals surface area contributed by atoms with E-state index in [0.717, 1.165) is 12.8 Å². The van der Waals surface area contributed by atoms with E-state index in [1.165, 1.54) is 17.0 Å². The number of amides is 1. The quantitative estimate of drug-likeness (QED) is 0.620. The molecule has 0 saturated carbocycles. The van der Waals surface area contributed by atoms with E-state index in [1.54, 1.807) is 30.3 Å². The highest BCUT2D eigenvalue weighted by Gasteiger charge is 2.30.